The molecule has 0 aliphatic carbocycles. The number of aryl methyl sites for hydroxylation is 1. The van der Waals surface area contributed by atoms with E-state index in [1.54, 1.807) is 19.2 Å². The fraction of sp³-hybridized carbons (Fsp3) is 0.429. The fourth-order valence-corrected chi connectivity index (χ4v) is 1.96. The maximum atomic E-state index is 12.1. The molecular formula is C14H16F3N3O. The molecule has 7 heteroatoms. The number of aromatic nitrogens is 1. The minimum Gasteiger partial charge on any atom is -0.468 e. The number of aliphatic imine (C=N–C) groups is 1. The summed E-state index contributed by atoms with van der Waals surface area (Å²) in [6.45, 7) is 2.87. The zero-order chi connectivity index (χ0) is 15.5. The van der Waals surface area contributed by atoms with Gasteiger partial charge in [-0.2, -0.15) is 13.2 Å². The molecule has 0 aromatic carbocycles. The largest absolute Gasteiger partial charge is 0.468 e. The molecule has 1 aliphatic heterocycles. The van der Waals surface area contributed by atoms with Crippen LogP contribution in [0.25, 0.3) is 0 Å². The summed E-state index contributed by atoms with van der Waals surface area (Å²) in [6, 6.07) is 1.82. The van der Waals surface area contributed by atoms with Crippen molar-refractivity contribution in [3.8, 4) is 5.88 Å². The van der Waals surface area contributed by atoms with Crippen LogP contribution < -0.4 is 4.74 Å². The van der Waals surface area contributed by atoms with Crippen LogP contribution in [0.3, 0.4) is 0 Å². The molecule has 1 atom stereocenters. The molecule has 0 radical (unpaired) electrons. The van der Waals surface area contributed by atoms with E-state index < -0.39 is 12.8 Å². The van der Waals surface area contributed by atoms with Crippen LogP contribution in [0.1, 0.15) is 24.1 Å². The van der Waals surface area contributed by atoms with E-state index in [1.807, 2.05) is 24.1 Å². The summed E-state index contributed by atoms with van der Waals surface area (Å²) < 4.78 is 41.1. The summed E-state index contributed by atoms with van der Waals surface area (Å²) in [5, 5.41) is 0. The lowest BCUT2D eigenvalue weighted by atomic mass is 10.1. The second kappa shape index (κ2) is 6.15. The van der Waals surface area contributed by atoms with E-state index >= 15 is 0 Å². The Balaban J connectivity index is 2.07. The summed E-state index contributed by atoms with van der Waals surface area (Å²) in [6.07, 6.45) is 2.65. The number of alkyl halides is 3. The third-order valence-electron chi connectivity index (χ3n) is 3.12. The van der Waals surface area contributed by atoms with Crippen LogP contribution in [0.2, 0.25) is 0 Å². The Morgan fingerprint density at radius 3 is 2.76 bits per heavy atom. The van der Waals surface area contributed by atoms with E-state index in [9.17, 15) is 13.2 Å². The zero-order valence-corrected chi connectivity index (χ0v) is 11.8. The van der Waals surface area contributed by atoms with Gasteiger partial charge in [-0.3, -0.25) is 4.99 Å². The third kappa shape index (κ3) is 4.21. The quantitative estimate of drug-likeness (QED) is 0.856. The van der Waals surface area contributed by atoms with Gasteiger partial charge < -0.3 is 9.64 Å². The second-order valence-electron chi connectivity index (χ2n) is 4.80. The normalized spacial score (nSPS) is 16.1. The summed E-state index contributed by atoms with van der Waals surface area (Å²) in [4.78, 5) is 10.1. The molecule has 0 N–H and O–H groups in total. The highest BCUT2D eigenvalue weighted by molar-refractivity contribution is 5.71. The predicted octanol–water partition coefficient (Wildman–Crippen LogP) is 3.25. The van der Waals surface area contributed by atoms with Crippen molar-refractivity contribution in [1.82, 2.24) is 9.88 Å². The van der Waals surface area contributed by atoms with Gasteiger partial charge in [0.2, 0.25) is 5.88 Å². The fourth-order valence-electron chi connectivity index (χ4n) is 1.96. The van der Waals surface area contributed by atoms with Crippen molar-refractivity contribution in [3.63, 3.8) is 0 Å². The molecule has 1 aromatic rings. The first kappa shape index (κ1) is 15.3. The van der Waals surface area contributed by atoms with Crippen molar-refractivity contribution in [2.45, 2.75) is 26.1 Å². The van der Waals surface area contributed by atoms with Crippen LogP contribution in [0, 0.1) is 6.92 Å². The van der Waals surface area contributed by atoms with Crippen molar-refractivity contribution in [2.75, 3.05) is 13.3 Å². The van der Waals surface area contributed by atoms with Crippen LogP contribution in [0.4, 0.5) is 13.2 Å². The SMILES string of the molecule is Cc1cc(C(C)N2C=CC=NC2)cnc1OCC(F)(F)F. The molecular weight excluding hydrogens is 283 g/mol. The number of allylic oxidation sites excluding steroid dienone is 1. The summed E-state index contributed by atoms with van der Waals surface area (Å²) in [7, 11) is 0. The highest BCUT2D eigenvalue weighted by atomic mass is 19.4. The molecule has 1 aromatic heterocycles. The Morgan fingerprint density at radius 2 is 2.19 bits per heavy atom. The molecule has 1 aliphatic rings. The van der Waals surface area contributed by atoms with Crippen LogP contribution in [-0.2, 0) is 0 Å². The highest BCUT2D eigenvalue weighted by Crippen LogP contribution is 2.25. The first-order valence-electron chi connectivity index (χ1n) is 6.45. The number of halogens is 3. The minimum atomic E-state index is -4.36. The maximum absolute atomic E-state index is 12.1. The summed E-state index contributed by atoms with van der Waals surface area (Å²) >= 11 is 0. The molecule has 1 unspecified atom stereocenters. The van der Waals surface area contributed by atoms with E-state index in [4.69, 9.17) is 4.74 Å². The lowest BCUT2D eigenvalue weighted by molar-refractivity contribution is -0.154. The molecule has 21 heavy (non-hydrogen) atoms. The Bertz CT molecular complexity index is 555. The first-order valence-corrected chi connectivity index (χ1v) is 6.45. The third-order valence-corrected chi connectivity index (χ3v) is 3.12. The van der Waals surface area contributed by atoms with Gasteiger partial charge in [0.15, 0.2) is 6.61 Å². The van der Waals surface area contributed by atoms with Gasteiger partial charge in [0.25, 0.3) is 0 Å². The van der Waals surface area contributed by atoms with E-state index in [-0.39, 0.29) is 11.9 Å². The van der Waals surface area contributed by atoms with Crippen LogP contribution >= 0.6 is 0 Å². The zero-order valence-electron chi connectivity index (χ0n) is 11.8. The number of hydrogen-bond acceptors (Lipinski definition) is 4. The average Bonchev–Trinajstić information content (AvgIpc) is 2.45. The first-order chi connectivity index (χ1) is 9.87. The maximum Gasteiger partial charge on any atom is 0.422 e. The molecule has 114 valence electrons. The summed E-state index contributed by atoms with van der Waals surface area (Å²) in [5.41, 5.74) is 1.47. The van der Waals surface area contributed by atoms with Gasteiger partial charge in [-0.05, 0) is 31.6 Å². The van der Waals surface area contributed by atoms with Crippen molar-refractivity contribution < 1.29 is 17.9 Å². The van der Waals surface area contributed by atoms with Gasteiger partial charge >= 0.3 is 6.18 Å². The van der Waals surface area contributed by atoms with E-state index in [2.05, 4.69) is 9.98 Å². The molecule has 0 bridgehead atoms. The van der Waals surface area contributed by atoms with Crippen LogP contribution in [0.15, 0.2) is 29.5 Å². The molecule has 0 amide bonds. The van der Waals surface area contributed by atoms with E-state index in [1.165, 1.54) is 6.20 Å². The van der Waals surface area contributed by atoms with Gasteiger partial charge in [0.1, 0.15) is 6.67 Å². The molecule has 2 rings (SSSR count). The van der Waals surface area contributed by atoms with Crippen molar-refractivity contribution in [1.29, 1.82) is 0 Å². The molecule has 0 fully saturated rings. The molecule has 0 spiro atoms. The Labute approximate surface area is 121 Å². The molecule has 4 nitrogen and oxygen atoms in total. The monoisotopic (exact) mass is 299 g/mol. The van der Waals surface area contributed by atoms with Gasteiger partial charge in [-0.25, -0.2) is 4.98 Å². The van der Waals surface area contributed by atoms with Crippen LogP contribution in [-0.4, -0.2) is 35.6 Å². The Morgan fingerprint density at radius 1 is 1.43 bits per heavy atom. The second-order valence-corrected chi connectivity index (χ2v) is 4.80. The highest BCUT2D eigenvalue weighted by Gasteiger charge is 2.29. The van der Waals surface area contributed by atoms with Crippen molar-refractivity contribution >= 4 is 6.21 Å². The minimum absolute atomic E-state index is 0.00971. The van der Waals surface area contributed by atoms with Gasteiger partial charge in [-0.15, -0.1) is 0 Å². The predicted molar refractivity (Wildman–Crippen MR) is 73.3 cm³/mol. The number of pyridine rings is 1. The molecule has 0 saturated carbocycles. The molecule has 2 heterocycles. The smallest absolute Gasteiger partial charge is 0.422 e. The average molecular weight is 299 g/mol. The van der Waals surface area contributed by atoms with E-state index in [0.29, 0.717) is 12.2 Å². The van der Waals surface area contributed by atoms with Crippen LogP contribution in [0.5, 0.6) is 5.88 Å². The van der Waals surface area contributed by atoms with Gasteiger partial charge in [0.05, 0.1) is 6.04 Å². The lowest BCUT2D eigenvalue weighted by Gasteiger charge is -2.27. The Hall–Kier alpha value is -2.05. The topological polar surface area (TPSA) is 37.7 Å². The summed E-state index contributed by atoms with van der Waals surface area (Å²) in [5.74, 6) is 0.00971. The number of hydrogen-bond donors (Lipinski definition) is 0. The van der Waals surface area contributed by atoms with Gasteiger partial charge in [0, 0.05) is 24.2 Å². The number of ether oxygens (including phenoxy) is 1. The Kier molecular flexibility index (Phi) is 4.50. The standard InChI is InChI=1S/C14H16F3N3O/c1-10-6-12(11(2)20-5-3-4-18-9-20)7-19-13(10)21-8-14(15,16)17/h3-7,11H,8-9H2,1-2H3. The number of nitrogens with zero attached hydrogens (tertiary/aromatic N) is 3. The molecule has 0 saturated heterocycles. The van der Waals surface area contributed by atoms with E-state index in [0.717, 1.165) is 5.56 Å². The lowest BCUT2D eigenvalue weighted by Crippen LogP contribution is -2.24. The van der Waals surface area contributed by atoms with Gasteiger partial charge in [-0.1, -0.05) is 0 Å². The van der Waals surface area contributed by atoms with Crippen molar-refractivity contribution in [3.05, 3.63) is 35.7 Å². The number of rotatable bonds is 4. The van der Waals surface area contributed by atoms with Crippen molar-refractivity contribution in [2.24, 2.45) is 4.99 Å².